The number of aliphatic carboxylic acids is 1. The van der Waals surface area contributed by atoms with Crippen LogP contribution in [-0.2, 0) is 9.53 Å². The summed E-state index contributed by atoms with van der Waals surface area (Å²) in [6.45, 7) is 3.91. The van der Waals surface area contributed by atoms with E-state index in [1.54, 1.807) is 17.0 Å². The molecule has 148 valence electrons. The van der Waals surface area contributed by atoms with E-state index < -0.39 is 12.0 Å². The molecule has 0 aromatic heterocycles. The van der Waals surface area contributed by atoms with Crippen molar-refractivity contribution in [2.75, 3.05) is 44.7 Å². The zero-order valence-corrected chi connectivity index (χ0v) is 15.7. The smallest absolute Gasteiger partial charge is 0.325 e. The predicted molar refractivity (Wildman–Crippen MR) is 103 cm³/mol. The number of hydrogen-bond acceptors (Lipinski definition) is 4. The number of ether oxygens (including phenoxy) is 1. The van der Waals surface area contributed by atoms with Crippen LogP contribution in [0.3, 0.4) is 0 Å². The van der Waals surface area contributed by atoms with Gasteiger partial charge in [0.15, 0.2) is 0 Å². The van der Waals surface area contributed by atoms with Crippen LogP contribution in [0, 0.1) is 0 Å². The Labute approximate surface area is 160 Å². The normalized spacial score (nSPS) is 20.4. The SMILES string of the molecule is O=C(O)C(c1ccc(NC(=O)N2CCOCC2)cc1)N1CCCCCCC1. The Bertz CT molecular complexity index is 621. The summed E-state index contributed by atoms with van der Waals surface area (Å²) in [5, 5.41) is 12.7. The highest BCUT2D eigenvalue weighted by atomic mass is 16.5. The predicted octanol–water partition coefficient (Wildman–Crippen LogP) is 2.94. The second-order valence-electron chi connectivity index (χ2n) is 7.20. The molecule has 7 nitrogen and oxygen atoms in total. The molecular weight excluding hydrogens is 346 g/mol. The molecule has 7 heteroatoms. The van der Waals surface area contributed by atoms with Crippen molar-refractivity contribution in [2.24, 2.45) is 0 Å². The number of carboxylic acids is 1. The van der Waals surface area contributed by atoms with Gasteiger partial charge in [-0.2, -0.15) is 0 Å². The lowest BCUT2D eigenvalue weighted by Gasteiger charge is -2.30. The van der Waals surface area contributed by atoms with Gasteiger partial charge in [0.25, 0.3) is 0 Å². The van der Waals surface area contributed by atoms with E-state index in [4.69, 9.17) is 4.74 Å². The van der Waals surface area contributed by atoms with Crippen LogP contribution >= 0.6 is 0 Å². The zero-order valence-electron chi connectivity index (χ0n) is 15.7. The Morgan fingerprint density at radius 2 is 1.52 bits per heavy atom. The Hall–Kier alpha value is -2.12. The van der Waals surface area contributed by atoms with Crippen molar-refractivity contribution in [1.29, 1.82) is 0 Å². The van der Waals surface area contributed by atoms with Gasteiger partial charge in [0.05, 0.1) is 13.2 Å². The summed E-state index contributed by atoms with van der Waals surface area (Å²) >= 11 is 0. The molecule has 2 amide bonds. The van der Waals surface area contributed by atoms with Crippen molar-refractivity contribution in [3.63, 3.8) is 0 Å². The first kappa shape index (κ1) is 19.6. The minimum atomic E-state index is -0.819. The number of likely N-dealkylation sites (tertiary alicyclic amines) is 1. The van der Waals surface area contributed by atoms with Crippen molar-refractivity contribution in [3.05, 3.63) is 29.8 Å². The lowest BCUT2D eigenvalue weighted by atomic mass is 10.0. The molecule has 0 bridgehead atoms. The molecular formula is C20H29N3O4. The zero-order chi connectivity index (χ0) is 19.1. The summed E-state index contributed by atoms with van der Waals surface area (Å²) in [5.74, 6) is -0.819. The molecule has 0 aliphatic carbocycles. The molecule has 2 N–H and O–H groups in total. The van der Waals surface area contributed by atoms with Gasteiger partial charge in [0, 0.05) is 18.8 Å². The highest BCUT2D eigenvalue weighted by molar-refractivity contribution is 5.89. The fourth-order valence-corrected chi connectivity index (χ4v) is 3.76. The van der Waals surface area contributed by atoms with E-state index in [9.17, 15) is 14.7 Å². The number of carbonyl (C=O) groups excluding carboxylic acids is 1. The van der Waals surface area contributed by atoms with E-state index in [1.807, 2.05) is 12.1 Å². The summed E-state index contributed by atoms with van der Waals surface area (Å²) in [7, 11) is 0. The Morgan fingerprint density at radius 3 is 2.11 bits per heavy atom. The van der Waals surface area contributed by atoms with Crippen molar-refractivity contribution >= 4 is 17.7 Å². The fourth-order valence-electron chi connectivity index (χ4n) is 3.76. The maximum Gasteiger partial charge on any atom is 0.325 e. The minimum Gasteiger partial charge on any atom is -0.480 e. The Morgan fingerprint density at radius 1 is 0.926 bits per heavy atom. The molecule has 0 saturated carbocycles. The summed E-state index contributed by atoms with van der Waals surface area (Å²) in [5.41, 5.74) is 1.43. The number of benzene rings is 1. The lowest BCUT2D eigenvalue weighted by Crippen LogP contribution is -2.43. The molecule has 1 aromatic carbocycles. The number of amides is 2. The molecule has 0 radical (unpaired) electrons. The van der Waals surface area contributed by atoms with E-state index in [2.05, 4.69) is 10.2 Å². The molecule has 2 saturated heterocycles. The second-order valence-corrected chi connectivity index (χ2v) is 7.20. The van der Waals surface area contributed by atoms with Gasteiger partial charge in [-0.25, -0.2) is 4.79 Å². The monoisotopic (exact) mass is 375 g/mol. The summed E-state index contributed by atoms with van der Waals surface area (Å²) in [6, 6.07) is 6.41. The molecule has 3 rings (SSSR count). The largest absolute Gasteiger partial charge is 0.480 e. The van der Waals surface area contributed by atoms with E-state index in [0.717, 1.165) is 44.3 Å². The number of anilines is 1. The van der Waals surface area contributed by atoms with Gasteiger partial charge in [-0.05, 0) is 43.6 Å². The number of rotatable bonds is 4. The lowest BCUT2D eigenvalue weighted by molar-refractivity contribution is -0.143. The third-order valence-electron chi connectivity index (χ3n) is 5.27. The van der Waals surface area contributed by atoms with Gasteiger partial charge in [-0.3, -0.25) is 9.69 Å². The van der Waals surface area contributed by atoms with E-state index in [0.29, 0.717) is 32.0 Å². The number of carboxylic acid groups (broad SMARTS) is 1. The number of nitrogens with one attached hydrogen (secondary N) is 1. The second kappa shape index (κ2) is 9.71. The van der Waals surface area contributed by atoms with Crippen LogP contribution in [-0.4, -0.2) is 66.3 Å². The maximum absolute atomic E-state index is 12.3. The van der Waals surface area contributed by atoms with Crippen LogP contribution in [0.4, 0.5) is 10.5 Å². The van der Waals surface area contributed by atoms with Gasteiger partial charge >= 0.3 is 12.0 Å². The Kier molecular flexibility index (Phi) is 7.06. The van der Waals surface area contributed by atoms with Crippen molar-refractivity contribution < 1.29 is 19.4 Å². The van der Waals surface area contributed by atoms with Crippen molar-refractivity contribution in [2.45, 2.75) is 38.1 Å². The van der Waals surface area contributed by atoms with Gasteiger partial charge in [-0.1, -0.05) is 31.4 Å². The van der Waals surface area contributed by atoms with Gasteiger partial charge < -0.3 is 20.1 Å². The van der Waals surface area contributed by atoms with Crippen LogP contribution < -0.4 is 5.32 Å². The first-order chi connectivity index (χ1) is 13.1. The van der Waals surface area contributed by atoms with E-state index >= 15 is 0 Å². The van der Waals surface area contributed by atoms with Gasteiger partial charge in [0.2, 0.25) is 0 Å². The minimum absolute atomic E-state index is 0.149. The average Bonchev–Trinajstić information content (AvgIpc) is 2.65. The number of nitrogens with zero attached hydrogens (tertiary/aromatic N) is 2. The van der Waals surface area contributed by atoms with Crippen LogP contribution in [0.1, 0.15) is 43.7 Å². The number of carbonyl (C=O) groups is 2. The molecule has 0 spiro atoms. The molecule has 1 atom stereocenters. The first-order valence-electron chi connectivity index (χ1n) is 9.85. The standard InChI is InChI=1S/C20H29N3O4/c24-19(25)18(22-10-4-2-1-3-5-11-22)16-6-8-17(9-7-16)21-20(26)23-12-14-27-15-13-23/h6-9,18H,1-5,10-15H2,(H,21,26)(H,24,25). The maximum atomic E-state index is 12.3. The number of hydrogen-bond donors (Lipinski definition) is 2. The molecule has 2 aliphatic rings. The quantitative estimate of drug-likeness (QED) is 0.846. The fraction of sp³-hybridized carbons (Fsp3) is 0.600. The Balaban J connectivity index is 1.65. The van der Waals surface area contributed by atoms with Crippen molar-refractivity contribution in [1.82, 2.24) is 9.80 Å². The third kappa shape index (κ3) is 5.43. The highest BCUT2D eigenvalue weighted by Crippen LogP contribution is 2.25. The van der Waals surface area contributed by atoms with Crippen LogP contribution in [0.25, 0.3) is 0 Å². The molecule has 27 heavy (non-hydrogen) atoms. The topological polar surface area (TPSA) is 82.1 Å². The van der Waals surface area contributed by atoms with Gasteiger partial charge in [0.1, 0.15) is 6.04 Å². The van der Waals surface area contributed by atoms with Crippen LogP contribution in [0.2, 0.25) is 0 Å². The van der Waals surface area contributed by atoms with Crippen LogP contribution in [0.5, 0.6) is 0 Å². The van der Waals surface area contributed by atoms with Crippen LogP contribution in [0.15, 0.2) is 24.3 Å². The molecule has 2 heterocycles. The van der Waals surface area contributed by atoms with E-state index in [-0.39, 0.29) is 6.03 Å². The molecule has 1 aromatic rings. The summed E-state index contributed by atoms with van der Waals surface area (Å²) < 4.78 is 5.26. The third-order valence-corrected chi connectivity index (χ3v) is 5.27. The molecule has 1 unspecified atom stereocenters. The summed E-state index contributed by atoms with van der Waals surface area (Å²) in [4.78, 5) is 28.0. The van der Waals surface area contributed by atoms with E-state index in [1.165, 1.54) is 6.42 Å². The number of morpholine rings is 1. The summed E-state index contributed by atoms with van der Waals surface area (Å²) in [6.07, 6.45) is 5.64. The average molecular weight is 375 g/mol. The first-order valence-corrected chi connectivity index (χ1v) is 9.85. The molecule has 2 fully saturated rings. The highest BCUT2D eigenvalue weighted by Gasteiger charge is 2.27. The van der Waals surface area contributed by atoms with Crippen molar-refractivity contribution in [3.8, 4) is 0 Å². The number of urea groups is 1. The van der Waals surface area contributed by atoms with Gasteiger partial charge in [-0.15, -0.1) is 0 Å². The molecule has 2 aliphatic heterocycles.